The molecule has 1 saturated heterocycles. The van der Waals surface area contributed by atoms with E-state index in [9.17, 15) is 9.59 Å². The first-order valence-electron chi connectivity index (χ1n) is 7.72. The van der Waals surface area contributed by atoms with E-state index in [-0.39, 0.29) is 6.10 Å². The number of carbonyl (C=O) groups is 2. The minimum Gasteiger partial charge on any atom is -0.491 e. The van der Waals surface area contributed by atoms with Crippen LogP contribution in [0.2, 0.25) is 0 Å². The van der Waals surface area contributed by atoms with Gasteiger partial charge in [0.15, 0.2) is 0 Å². The van der Waals surface area contributed by atoms with Crippen LogP contribution in [0.3, 0.4) is 0 Å². The number of amides is 3. The molecule has 3 N–H and O–H groups in total. The van der Waals surface area contributed by atoms with Crippen molar-refractivity contribution in [3.63, 3.8) is 0 Å². The average Bonchev–Trinajstić information content (AvgIpc) is 3.06. The lowest BCUT2D eigenvalue weighted by Gasteiger charge is -2.16. The van der Waals surface area contributed by atoms with Crippen LogP contribution in [0, 0.1) is 0 Å². The number of ether oxygens (including phenoxy) is 2. The van der Waals surface area contributed by atoms with Crippen molar-refractivity contribution in [1.29, 1.82) is 0 Å². The van der Waals surface area contributed by atoms with Gasteiger partial charge in [-0.25, -0.2) is 4.79 Å². The summed E-state index contributed by atoms with van der Waals surface area (Å²) in [5, 5.41) is 7.60. The molecule has 2 rings (SSSR count). The number of carbonyl (C=O) groups excluding carboxylic acids is 2. The number of urea groups is 1. The van der Waals surface area contributed by atoms with Gasteiger partial charge in [0.2, 0.25) is 5.91 Å². The van der Waals surface area contributed by atoms with Crippen molar-refractivity contribution in [3.8, 4) is 5.75 Å². The highest BCUT2D eigenvalue weighted by Gasteiger charge is 2.17. The Morgan fingerprint density at radius 3 is 2.96 bits per heavy atom. The van der Waals surface area contributed by atoms with Crippen LogP contribution < -0.4 is 20.7 Å². The Hall–Kier alpha value is -2.28. The molecule has 1 aromatic rings. The summed E-state index contributed by atoms with van der Waals surface area (Å²) in [6, 6.07) is 6.27. The van der Waals surface area contributed by atoms with E-state index in [2.05, 4.69) is 16.0 Å². The first-order valence-corrected chi connectivity index (χ1v) is 7.72. The van der Waals surface area contributed by atoms with Crippen LogP contribution in [0.15, 0.2) is 24.3 Å². The Bertz CT molecular complexity index is 544. The number of hydrogen-bond donors (Lipinski definition) is 3. The summed E-state index contributed by atoms with van der Waals surface area (Å²) in [5.74, 6) is 0.305. The Morgan fingerprint density at radius 1 is 1.43 bits per heavy atom. The number of anilines is 1. The molecule has 126 valence electrons. The van der Waals surface area contributed by atoms with Crippen LogP contribution >= 0.6 is 0 Å². The predicted octanol–water partition coefficient (Wildman–Crippen LogP) is 1.50. The highest BCUT2D eigenvalue weighted by molar-refractivity contribution is 5.97. The lowest BCUT2D eigenvalue weighted by Crippen LogP contribution is -2.44. The molecule has 1 heterocycles. The van der Waals surface area contributed by atoms with Gasteiger partial charge in [-0.3, -0.25) is 10.1 Å². The monoisotopic (exact) mass is 321 g/mol. The van der Waals surface area contributed by atoms with E-state index in [1.165, 1.54) is 7.05 Å². The molecule has 2 atom stereocenters. The minimum absolute atomic E-state index is 0.156. The van der Waals surface area contributed by atoms with Gasteiger partial charge in [-0.2, -0.15) is 0 Å². The number of hydrogen-bond acceptors (Lipinski definition) is 5. The van der Waals surface area contributed by atoms with Crippen molar-refractivity contribution in [2.75, 3.05) is 25.6 Å². The molecule has 0 bridgehead atoms. The molecule has 0 spiro atoms. The van der Waals surface area contributed by atoms with Crippen LogP contribution in [0.5, 0.6) is 5.75 Å². The summed E-state index contributed by atoms with van der Waals surface area (Å²) < 4.78 is 11.2. The molecule has 0 saturated carbocycles. The van der Waals surface area contributed by atoms with Gasteiger partial charge in [0.05, 0.1) is 6.10 Å². The van der Waals surface area contributed by atoms with Gasteiger partial charge in [-0.15, -0.1) is 0 Å². The van der Waals surface area contributed by atoms with E-state index in [0.29, 0.717) is 12.4 Å². The largest absolute Gasteiger partial charge is 0.491 e. The molecule has 23 heavy (non-hydrogen) atoms. The molecule has 1 aliphatic heterocycles. The number of rotatable bonds is 6. The molecule has 0 unspecified atom stereocenters. The SMILES string of the molecule is CNC(=O)NC(=O)[C@H](C)Nc1cccc(OC[C@H]2CCCO2)c1. The van der Waals surface area contributed by atoms with Crippen molar-refractivity contribution < 1.29 is 19.1 Å². The average molecular weight is 321 g/mol. The highest BCUT2D eigenvalue weighted by atomic mass is 16.5. The second kappa shape index (κ2) is 8.38. The molecule has 3 amide bonds. The fraction of sp³-hybridized carbons (Fsp3) is 0.500. The summed E-state index contributed by atoms with van der Waals surface area (Å²) in [6.45, 7) is 3.00. The summed E-state index contributed by atoms with van der Waals surface area (Å²) >= 11 is 0. The zero-order valence-corrected chi connectivity index (χ0v) is 13.4. The molecule has 1 aromatic carbocycles. The van der Waals surface area contributed by atoms with Crippen molar-refractivity contribution >= 4 is 17.6 Å². The first-order chi connectivity index (χ1) is 11.1. The van der Waals surface area contributed by atoms with Crippen molar-refractivity contribution in [2.45, 2.75) is 31.9 Å². The van der Waals surface area contributed by atoms with E-state index in [1.54, 1.807) is 6.92 Å². The van der Waals surface area contributed by atoms with Gasteiger partial charge in [0, 0.05) is 25.4 Å². The van der Waals surface area contributed by atoms with E-state index in [0.717, 1.165) is 25.1 Å². The van der Waals surface area contributed by atoms with Crippen molar-refractivity contribution in [2.24, 2.45) is 0 Å². The molecule has 7 heteroatoms. The fourth-order valence-electron chi connectivity index (χ4n) is 2.24. The molecule has 7 nitrogen and oxygen atoms in total. The quantitative estimate of drug-likeness (QED) is 0.739. The third-order valence-corrected chi connectivity index (χ3v) is 3.53. The molecule has 1 aliphatic rings. The van der Waals surface area contributed by atoms with Gasteiger partial charge in [0.1, 0.15) is 18.4 Å². The predicted molar refractivity (Wildman–Crippen MR) is 86.6 cm³/mol. The van der Waals surface area contributed by atoms with Gasteiger partial charge < -0.3 is 20.1 Å². The maximum absolute atomic E-state index is 11.8. The second-order valence-corrected chi connectivity index (χ2v) is 5.41. The molecule has 0 aliphatic carbocycles. The number of benzene rings is 1. The second-order valence-electron chi connectivity index (χ2n) is 5.41. The van der Waals surface area contributed by atoms with E-state index in [4.69, 9.17) is 9.47 Å². The molecule has 0 aromatic heterocycles. The van der Waals surface area contributed by atoms with Crippen LogP contribution in [-0.2, 0) is 9.53 Å². The normalized spacial score (nSPS) is 18.1. The minimum atomic E-state index is -0.555. The maximum atomic E-state index is 11.8. The topological polar surface area (TPSA) is 88.7 Å². The van der Waals surface area contributed by atoms with Gasteiger partial charge >= 0.3 is 6.03 Å². The van der Waals surface area contributed by atoms with E-state index in [1.807, 2.05) is 24.3 Å². The summed E-state index contributed by atoms with van der Waals surface area (Å²) in [6.07, 6.45) is 2.26. The smallest absolute Gasteiger partial charge is 0.321 e. The maximum Gasteiger partial charge on any atom is 0.321 e. The Balaban J connectivity index is 1.85. The molecule has 0 radical (unpaired) electrons. The Morgan fingerprint density at radius 2 is 2.26 bits per heavy atom. The number of imide groups is 1. The standard InChI is InChI=1S/C16H23N3O4/c1-11(15(20)19-16(21)17-2)18-12-5-3-6-13(9-12)23-10-14-7-4-8-22-14/h3,5-6,9,11,14,18H,4,7-8,10H2,1-2H3,(H2,17,19,20,21)/t11-,14+/m0/s1. The summed E-state index contributed by atoms with van der Waals surface area (Å²) in [4.78, 5) is 23.0. The molecule has 1 fully saturated rings. The van der Waals surface area contributed by atoms with Gasteiger partial charge in [0.25, 0.3) is 0 Å². The van der Waals surface area contributed by atoms with E-state index >= 15 is 0 Å². The van der Waals surface area contributed by atoms with Gasteiger partial charge in [-0.1, -0.05) is 6.07 Å². The van der Waals surface area contributed by atoms with Crippen LogP contribution in [0.1, 0.15) is 19.8 Å². The van der Waals surface area contributed by atoms with E-state index < -0.39 is 18.0 Å². The summed E-state index contributed by atoms with van der Waals surface area (Å²) in [5.41, 5.74) is 0.745. The third kappa shape index (κ3) is 5.45. The third-order valence-electron chi connectivity index (χ3n) is 3.53. The van der Waals surface area contributed by atoms with Gasteiger partial charge in [-0.05, 0) is 31.9 Å². The van der Waals surface area contributed by atoms with Crippen LogP contribution in [0.4, 0.5) is 10.5 Å². The Labute approximate surface area is 135 Å². The van der Waals surface area contributed by atoms with Crippen molar-refractivity contribution in [3.05, 3.63) is 24.3 Å². The molecular weight excluding hydrogens is 298 g/mol. The zero-order chi connectivity index (χ0) is 16.7. The van der Waals surface area contributed by atoms with Crippen molar-refractivity contribution in [1.82, 2.24) is 10.6 Å². The zero-order valence-electron chi connectivity index (χ0n) is 13.4. The first kappa shape index (κ1) is 17.1. The fourth-order valence-corrected chi connectivity index (χ4v) is 2.24. The highest BCUT2D eigenvalue weighted by Crippen LogP contribution is 2.20. The summed E-state index contributed by atoms with van der Waals surface area (Å²) in [7, 11) is 1.45. The lowest BCUT2D eigenvalue weighted by molar-refractivity contribution is -0.120. The van der Waals surface area contributed by atoms with Crippen LogP contribution in [0.25, 0.3) is 0 Å². The Kier molecular flexibility index (Phi) is 6.22. The lowest BCUT2D eigenvalue weighted by atomic mass is 10.2. The van der Waals surface area contributed by atoms with Crippen LogP contribution in [-0.4, -0.2) is 44.3 Å². The molecular formula is C16H23N3O4. The number of nitrogens with one attached hydrogen (secondary N) is 3.